The van der Waals surface area contributed by atoms with Gasteiger partial charge in [-0.3, -0.25) is 0 Å². The van der Waals surface area contributed by atoms with Gasteiger partial charge in [0.05, 0.1) is 6.61 Å². The summed E-state index contributed by atoms with van der Waals surface area (Å²) in [5.41, 5.74) is 2.19. The lowest BCUT2D eigenvalue weighted by Gasteiger charge is -2.16. The van der Waals surface area contributed by atoms with Crippen LogP contribution in [0.4, 0.5) is 0 Å². The molecule has 0 amide bonds. The van der Waals surface area contributed by atoms with E-state index in [-0.39, 0.29) is 5.92 Å². The van der Waals surface area contributed by atoms with Crippen LogP contribution in [-0.4, -0.2) is 12.6 Å². The predicted octanol–water partition coefficient (Wildman–Crippen LogP) is 5.39. The molecular formula is C19H21ClO3. The number of ether oxygens (including phenoxy) is 2. The van der Waals surface area contributed by atoms with E-state index in [4.69, 9.17) is 21.1 Å². The van der Waals surface area contributed by atoms with Crippen LogP contribution in [0.3, 0.4) is 0 Å². The standard InChI is InChI=1S/C19H21ClO3/c1-5-22-17-9-7-6-8-14(17)19(21)23-18-10-13(4)16(20)11-15(18)12(2)3/h6-12H,5H2,1-4H3. The maximum atomic E-state index is 12.5. The number of esters is 1. The van der Waals surface area contributed by atoms with Crippen molar-refractivity contribution in [3.63, 3.8) is 0 Å². The van der Waals surface area contributed by atoms with Crippen LogP contribution in [0.2, 0.25) is 5.02 Å². The van der Waals surface area contributed by atoms with Gasteiger partial charge in [0.25, 0.3) is 0 Å². The van der Waals surface area contributed by atoms with E-state index in [1.165, 1.54) is 0 Å². The molecule has 0 saturated heterocycles. The number of para-hydroxylation sites is 1. The molecule has 0 spiro atoms. The van der Waals surface area contributed by atoms with E-state index in [1.54, 1.807) is 24.3 Å². The molecule has 0 N–H and O–H groups in total. The maximum Gasteiger partial charge on any atom is 0.347 e. The third-order valence-corrected chi connectivity index (χ3v) is 3.93. The van der Waals surface area contributed by atoms with E-state index in [1.807, 2.05) is 39.8 Å². The molecule has 2 aromatic carbocycles. The number of carbonyl (C=O) groups is 1. The molecule has 0 radical (unpaired) electrons. The fourth-order valence-corrected chi connectivity index (χ4v) is 2.45. The zero-order valence-electron chi connectivity index (χ0n) is 13.9. The minimum atomic E-state index is -0.433. The van der Waals surface area contributed by atoms with E-state index in [0.29, 0.717) is 28.7 Å². The first kappa shape index (κ1) is 17.4. The molecule has 0 aliphatic heterocycles. The van der Waals surface area contributed by atoms with Crippen molar-refractivity contribution < 1.29 is 14.3 Å². The summed E-state index contributed by atoms with van der Waals surface area (Å²) < 4.78 is 11.1. The van der Waals surface area contributed by atoms with Crippen LogP contribution in [-0.2, 0) is 0 Å². The summed E-state index contributed by atoms with van der Waals surface area (Å²) in [5.74, 6) is 0.825. The van der Waals surface area contributed by atoms with Crippen molar-refractivity contribution >= 4 is 17.6 Å². The largest absolute Gasteiger partial charge is 0.493 e. The first-order chi connectivity index (χ1) is 10.9. The smallest absolute Gasteiger partial charge is 0.347 e. The summed E-state index contributed by atoms with van der Waals surface area (Å²) in [6.07, 6.45) is 0. The van der Waals surface area contributed by atoms with Crippen molar-refractivity contribution in [3.05, 3.63) is 58.1 Å². The van der Waals surface area contributed by atoms with Gasteiger partial charge in [-0.15, -0.1) is 0 Å². The van der Waals surface area contributed by atoms with Crippen molar-refractivity contribution in [1.29, 1.82) is 0 Å². The van der Waals surface area contributed by atoms with Crippen molar-refractivity contribution in [1.82, 2.24) is 0 Å². The molecule has 3 nitrogen and oxygen atoms in total. The van der Waals surface area contributed by atoms with Gasteiger partial charge in [0.1, 0.15) is 17.1 Å². The quantitative estimate of drug-likeness (QED) is 0.544. The Morgan fingerprint density at radius 3 is 2.52 bits per heavy atom. The molecule has 0 aliphatic rings. The molecule has 2 rings (SSSR count). The van der Waals surface area contributed by atoms with Gasteiger partial charge < -0.3 is 9.47 Å². The molecule has 2 aromatic rings. The van der Waals surface area contributed by atoms with Crippen molar-refractivity contribution in [3.8, 4) is 11.5 Å². The lowest BCUT2D eigenvalue weighted by molar-refractivity contribution is 0.0728. The lowest BCUT2D eigenvalue weighted by atomic mass is 10.0. The van der Waals surface area contributed by atoms with Gasteiger partial charge >= 0.3 is 5.97 Å². The predicted molar refractivity (Wildman–Crippen MR) is 92.8 cm³/mol. The van der Waals surface area contributed by atoms with Gasteiger partial charge in [0.15, 0.2) is 0 Å². The van der Waals surface area contributed by atoms with E-state index >= 15 is 0 Å². The Morgan fingerprint density at radius 2 is 1.87 bits per heavy atom. The first-order valence-corrected chi connectivity index (χ1v) is 8.05. The van der Waals surface area contributed by atoms with Crippen molar-refractivity contribution in [2.75, 3.05) is 6.61 Å². The monoisotopic (exact) mass is 332 g/mol. The second kappa shape index (κ2) is 7.51. The van der Waals surface area contributed by atoms with Crippen LogP contribution in [0.1, 0.15) is 48.2 Å². The van der Waals surface area contributed by atoms with Gasteiger partial charge in [-0.05, 0) is 55.2 Å². The third kappa shape index (κ3) is 4.05. The molecule has 23 heavy (non-hydrogen) atoms. The Kier molecular flexibility index (Phi) is 5.67. The first-order valence-electron chi connectivity index (χ1n) is 7.68. The Balaban J connectivity index is 2.36. The van der Waals surface area contributed by atoms with E-state index in [9.17, 15) is 4.79 Å². The highest BCUT2D eigenvalue weighted by molar-refractivity contribution is 6.31. The van der Waals surface area contributed by atoms with E-state index in [0.717, 1.165) is 11.1 Å². The summed E-state index contributed by atoms with van der Waals surface area (Å²) in [6.45, 7) is 8.32. The van der Waals surface area contributed by atoms with Crippen molar-refractivity contribution in [2.24, 2.45) is 0 Å². The highest BCUT2D eigenvalue weighted by Crippen LogP contribution is 2.33. The molecule has 122 valence electrons. The van der Waals surface area contributed by atoms with Crippen LogP contribution < -0.4 is 9.47 Å². The fraction of sp³-hybridized carbons (Fsp3) is 0.316. The van der Waals surface area contributed by atoms with Crippen LogP contribution in [0.15, 0.2) is 36.4 Å². The van der Waals surface area contributed by atoms with Gasteiger partial charge in [-0.25, -0.2) is 4.79 Å². The topological polar surface area (TPSA) is 35.5 Å². The summed E-state index contributed by atoms with van der Waals surface area (Å²) in [7, 11) is 0. The molecule has 0 unspecified atom stereocenters. The normalized spacial score (nSPS) is 10.7. The van der Waals surface area contributed by atoms with Crippen LogP contribution in [0.25, 0.3) is 0 Å². The summed E-state index contributed by atoms with van der Waals surface area (Å²) in [5, 5.41) is 0.670. The molecule has 0 atom stereocenters. The second-order valence-electron chi connectivity index (χ2n) is 5.61. The maximum absolute atomic E-state index is 12.5. The number of hydrogen-bond acceptors (Lipinski definition) is 3. The zero-order chi connectivity index (χ0) is 17.0. The average molecular weight is 333 g/mol. The van der Waals surface area contributed by atoms with E-state index in [2.05, 4.69) is 0 Å². The minimum Gasteiger partial charge on any atom is -0.493 e. The number of benzene rings is 2. The SMILES string of the molecule is CCOc1ccccc1C(=O)Oc1cc(C)c(Cl)cc1C(C)C. The number of carbonyl (C=O) groups excluding carboxylic acids is 1. The number of hydrogen-bond donors (Lipinski definition) is 0. The Morgan fingerprint density at radius 1 is 1.17 bits per heavy atom. The van der Waals surface area contributed by atoms with E-state index < -0.39 is 5.97 Å². The molecule has 0 heterocycles. The van der Waals surface area contributed by atoms with Gasteiger partial charge in [0, 0.05) is 5.02 Å². The fourth-order valence-electron chi connectivity index (χ4n) is 2.28. The zero-order valence-corrected chi connectivity index (χ0v) is 14.6. The minimum absolute atomic E-state index is 0.193. The van der Waals surface area contributed by atoms with Gasteiger partial charge in [0.2, 0.25) is 0 Å². The van der Waals surface area contributed by atoms with Crippen LogP contribution >= 0.6 is 11.6 Å². The van der Waals surface area contributed by atoms with Crippen LogP contribution in [0.5, 0.6) is 11.5 Å². The molecule has 0 bridgehead atoms. The molecular weight excluding hydrogens is 312 g/mol. The Labute approximate surface area is 142 Å². The Hall–Kier alpha value is -2.00. The molecule has 0 saturated carbocycles. The van der Waals surface area contributed by atoms with Crippen LogP contribution in [0, 0.1) is 6.92 Å². The molecule has 0 fully saturated rings. The average Bonchev–Trinajstić information content (AvgIpc) is 2.51. The van der Waals surface area contributed by atoms with Crippen molar-refractivity contribution in [2.45, 2.75) is 33.6 Å². The lowest BCUT2D eigenvalue weighted by Crippen LogP contribution is -2.12. The highest BCUT2D eigenvalue weighted by atomic mass is 35.5. The Bertz CT molecular complexity index is 708. The molecule has 0 aliphatic carbocycles. The molecule has 0 aromatic heterocycles. The summed E-state index contributed by atoms with van der Waals surface area (Å²) >= 11 is 6.19. The number of aryl methyl sites for hydroxylation is 1. The highest BCUT2D eigenvalue weighted by Gasteiger charge is 2.18. The van der Waals surface area contributed by atoms with Gasteiger partial charge in [-0.2, -0.15) is 0 Å². The summed E-state index contributed by atoms with van der Waals surface area (Å²) in [4.78, 5) is 12.5. The number of halogens is 1. The van der Waals surface area contributed by atoms with Gasteiger partial charge in [-0.1, -0.05) is 37.6 Å². The third-order valence-electron chi connectivity index (χ3n) is 3.52. The summed E-state index contributed by atoms with van der Waals surface area (Å²) in [6, 6.07) is 10.7. The molecule has 4 heteroatoms. The second-order valence-corrected chi connectivity index (χ2v) is 6.02. The number of rotatable bonds is 5.